The van der Waals surface area contributed by atoms with Crippen LogP contribution in [0.1, 0.15) is 25.2 Å². The molecular formula is C30H29N3O3. The molecule has 1 aliphatic heterocycles. The van der Waals surface area contributed by atoms with E-state index in [2.05, 4.69) is 5.32 Å². The average Bonchev–Trinajstić information content (AvgIpc) is 3.38. The number of likely N-dealkylation sites (tertiary alicyclic amines) is 1. The second-order valence-corrected chi connectivity index (χ2v) is 9.05. The molecule has 0 bridgehead atoms. The van der Waals surface area contributed by atoms with Gasteiger partial charge >= 0.3 is 0 Å². The maximum atomic E-state index is 13.1. The van der Waals surface area contributed by atoms with E-state index in [1.807, 2.05) is 91.0 Å². The van der Waals surface area contributed by atoms with Crippen molar-refractivity contribution >= 4 is 17.5 Å². The number of anilines is 1. The number of aromatic nitrogens is 1. The summed E-state index contributed by atoms with van der Waals surface area (Å²) in [6.45, 7) is 1.11. The van der Waals surface area contributed by atoms with Gasteiger partial charge in [-0.2, -0.15) is 0 Å². The van der Waals surface area contributed by atoms with Gasteiger partial charge in [-0.1, -0.05) is 78.9 Å². The van der Waals surface area contributed by atoms with E-state index >= 15 is 0 Å². The molecule has 1 unspecified atom stereocenters. The first kappa shape index (κ1) is 23.5. The van der Waals surface area contributed by atoms with Gasteiger partial charge in [0.2, 0.25) is 11.8 Å². The summed E-state index contributed by atoms with van der Waals surface area (Å²) in [7, 11) is 0. The minimum Gasteiger partial charge on any atom is -0.440 e. The summed E-state index contributed by atoms with van der Waals surface area (Å²) in [4.78, 5) is 32.4. The quantitative estimate of drug-likeness (QED) is 0.362. The second-order valence-electron chi connectivity index (χ2n) is 9.05. The molecule has 3 aromatic carbocycles. The molecule has 1 saturated heterocycles. The van der Waals surface area contributed by atoms with Gasteiger partial charge < -0.3 is 14.6 Å². The maximum Gasteiger partial charge on any atom is 0.229 e. The Hall–Kier alpha value is -4.19. The predicted octanol–water partition coefficient (Wildman–Crippen LogP) is 5.82. The smallest absolute Gasteiger partial charge is 0.229 e. The predicted molar refractivity (Wildman–Crippen MR) is 140 cm³/mol. The Morgan fingerprint density at radius 2 is 1.53 bits per heavy atom. The third-order valence-corrected chi connectivity index (χ3v) is 6.49. The zero-order valence-corrected chi connectivity index (χ0v) is 20.1. The molecule has 0 radical (unpaired) electrons. The standard InChI is InChI=1S/C30H29N3O3/c34-27(33-20-10-15-24(21-33)30(35)31-25-16-8-3-9-17-25)19-18-26-32-28(22-11-4-1-5-12-22)29(36-26)23-13-6-2-7-14-23/h1-9,11-14,16-17,24H,10,15,18-21H2,(H,31,35). The van der Waals surface area contributed by atoms with Crippen LogP contribution in [0.5, 0.6) is 0 Å². The molecule has 4 aromatic rings. The number of aryl methyl sites for hydroxylation is 1. The van der Waals surface area contributed by atoms with Gasteiger partial charge in [-0.05, 0) is 25.0 Å². The number of amides is 2. The minimum absolute atomic E-state index is 0.0212. The average molecular weight is 480 g/mol. The van der Waals surface area contributed by atoms with E-state index in [0.717, 1.165) is 35.3 Å². The monoisotopic (exact) mass is 479 g/mol. The van der Waals surface area contributed by atoms with Gasteiger partial charge in [0, 0.05) is 42.7 Å². The first-order valence-corrected chi connectivity index (χ1v) is 12.4. The van der Waals surface area contributed by atoms with Crippen LogP contribution in [0.15, 0.2) is 95.4 Å². The van der Waals surface area contributed by atoms with E-state index < -0.39 is 0 Å². The van der Waals surface area contributed by atoms with Crippen LogP contribution in [0, 0.1) is 5.92 Å². The molecule has 36 heavy (non-hydrogen) atoms. The summed E-state index contributed by atoms with van der Waals surface area (Å²) in [5.41, 5.74) is 3.48. The fraction of sp³-hybridized carbons (Fsp3) is 0.233. The van der Waals surface area contributed by atoms with Crippen molar-refractivity contribution in [2.24, 2.45) is 5.92 Å². The first-order chi connectivity index (χ1) is 17.7. The number of hydrogen-bond donors (Lipinski definition) is 1. The molecular weight excluding hydrogens is 450 g/mol. The largest absolute Gasteiger partial charge is 0.440 e. The number of nitrogens with zero attached hydrogens (tertiary/aromatic N) is 2. The summed E-state index contributed by atoms with van der Waals surface area (Å²) in [6.07, 6.45) is 2.29. The maximum absolute atomic E-state index is 13.1. The van der Waals surface area contributed by atoms with Gasteiger partial charge in [-0.3, -0.25) is 9.59 Å². The van der Waals surface area contributed by atoms with Crippen LogP contribution in [0.3, 0.4) is 0 Å². The molecule has 0 spiro atoms. The van der Waals surface area contributed by atoms with Gasteiger partial charge in [-0.25, -0.2) is 4.98 Å². The van der Waals surface area contributed by atoms with Gasteiger partial charge in [0.25, 0.3) is 0 Å². The number of hydrogen-bond acceptors (Lipinski definition) is 4. The molecule has 1 atom stereocenters. The summed E-state index contributed by atoms with van der Waals surface area (Å²) in [5, 5.41) is 2.97. The van der Waals surface area contributed by atoms with Crippen molar-refractivity contribution in [3.8, 4) is 22.6 Å². The van der Waals surface area contributed by atoms with Crippen molar-refractivity contribution in [1.82, 2.24) is 9.88 Å². The highest BCUT2D eigenvalue weighted by Gasteiger charge is 2.28. The lowest BCUT2D eigenvalue weighted by molar-refractivity contribution is -0.134. The fourth-order valence-corrected chi connectivity index (χ4v) is 4.60. The van der Waals surface area contributed by atoms with Crippen LogP contribution in [0.4, 0.5) is 5.69 Å². The van der Waals surface area contributed by atoms with Gasteiger partial charge in [0.05, 0.1) is 5.92 Å². The molecule has 6 nitrogen and oxygen atoms in total. The van der Waals surface area contributed by atoms with E-state index in [1.54, 1.807) is 4.90 Å². The van der Waals surface area contributed by atoms with Gasteiger partial charge in [-0.15, -0.1) is 0 Å². The number of benzene rings is 3. The Kier molecular flexibility index (Phi) is 7.22. The fourth-order valence-electron chi connectivity index (χ4n) is 4.60. The zero-order chi connectivity index (χ0) is 24.7. The number of rotatable bonds is 7. The molecule has 0 aliphatic carbocycles. The van der Waals surface area contributed by atoms with E-state index in [0.29, 0.717) is 31.2 Å². The van der Waals surface area contributed by atoms with Crippen molar-refractivity contribution < 1.29 is 14.0 Å². The topological polar surface area (TPSA) is 75.4 Å². The van der Waals surface area contributed by atoms with Crippen LogP contribution in [0.25, 0.3) is 22.6 Å². The first-order valence-electron chi connectivity index (χ1n) is 12.4. The van der Waals surface area contributed by atoms with E-state index in [1.165, 1.54) is 0 Å². The van der Waals surface area contributed by atoms with E-state index in [-0.39, 0.29) is 24.2 Å². The Morgan fingerprint density at radius 3 is 2.22 bits per heavy atom. The molecule has 1 fully saturated rings. The van der Waals surface area contributed by atoms with Crippen molar-refractivity contribution in [3.05, 3.63) is 96.9 Å². The number of piperidine rings is 1. The van der Waals surface area contributed by atoms with Crippen molar-refractivity contribution in [3.63, 3.8) is 0 Å². The molecule has 1 N–H and O–H groups in total. The van der Waals surface area contributed by atoms with Gasteiger partial charge in [0.15, 0.2) is 11.7 Å². The van der Waals surface area contributed by atoms with E-state index in [4.69, 9.17) is 9.40 Å². The number of nitrogens with one attached hydrogen (secondary N) is 1. The lowest BCUT2D eigenvalue weighted by Crippen LogP contribution is -2.43. The number of carbonyl (C=O) groups is 2. The number of para-hydroxylation sites is 1. The van der Waals surface area contributed by atoms with Crippen molar-refractivity contribution in [2.45, 2.75) is 25.7 Å². The van der Waals surface area contributed by atoms with Crippen LogP contribution in [-0.2, 0) is 16.0 Å². The Morgan fingerprint density at radius 1 is 0.889 bits per heavy atom. The van der Waals surface area contributed by atoms with Crippen molar-refractivity contribution in [1.29, 1.82) is 0 Å². The molecule has 2 amide bonds. The Labute approximate surface area is 211 Å². The van der Waals surface area contributed by atoms with E-state index in [9.17, 15) is 9.59 Å². The zero-order valence-electron chi connectivity index (χ0n) is 20.1. The third kappa shape index (κ3) is 5.54. The summed E-state index contributed by atoms with van der Waals surface area (Å²) in [6, 6.07) is 29.3. The number of carbonyl (C=O) groups excluding carboxylic acids is 2. The molecule has 6 heteroatoms. The summed E-state index contributed by atoms with van der Waals surface area (Å²) < 4.78 is 6.17. The molecule has 1 aromatic heterocycles. The van der Waals surface area contributed by atoms with Gasteiger partial charge in [0.1, 0.15) is 5.69 Å². The molecule has 1 aliphatic rings. The SMILES string of the molecule is O=C(Nc1ccccc1)C1CCCN(C(=O)CCc2nc(-c3ccccc3)c(-c3ccccc3)o2)C1. The second kappa shape index (κ2) is 11.0. The molecule has 5 rings (SSSR count). The highest BCUT2D eigenvalue weighted by molar-refractivity contribution is 5.93. The minimum atomic E-state index is -0.209. The third-order valence-electron chi connectivity index (χ3n) is 6.49. The molecule has 0 saturated carbocycles. The number of oxazole rings is 1. The lowest BCUT2D eigenvalue weighted by Gasteiger charge is -2.32. The Bertz CT molecular complexity index is 1250. The van der Waals surface area contributed by atoms with Crippen LogP contribution < -0.4 is 5.32 Å². The van der Waals surface area contributed by atoms with Crippen LogP contribution in [-0.4, -0.2) is 34.8 Å². The van der Waals surface area contributed by atoms with Crippen molar-refractivity contribution in [2.75, 3.05) is 18.4 Å². The summed E-state index contributed by atoms with van der Waals surface area (Å²) in [5.74, 6) is 1.02. The Balaban J connectivity index is 1.25. The molecule has 182 valence electrons. The summed E-state index contributed by atoms with van der Waals surface area (Å²) >= 11 is 0. The normalized spacial score (nSPS) is 15.4. The van der Waals surface area contributed by atoms with Crippen LogP contribution in [0.2, 0.25) is 0 Å². The lowest BCUT2D eigenvalue weighted by atomic mass is 9.96. The highest BCUT2D eigenvalue weighted by Crippen LogP contribution is 2.33. The van der Waals surface area contributed by atoms with Crippen LogP contribution >= 0.6 is 0 Å². The molecule has 2 heterocycles. The highest BCUT2D eigenvalue weighted by atomic mass is 16.4.